The predicted octanol–water partition coefficient (Wildman–Crippen LogP) is 2.72. The van der Waals surface area contributed by atoms with Crippen molar-refractivity contribution in [2.75, 3.05) is 6.54 Å². The molecule has 4 heteroatoms. The van der Waals surface area contributed by atoms with E-state index in [9.17, 15) is 0 Å². The smallest absolute Gasteiger partial charge is 0.120 e. The van der Waals surface area contributed by atoms with E-state index in [1.807, 2.05) is 18.3 Å². The summed E-state index contributed by atoms with van der Waals surface area (Å²) in [6, 6.07) is 8.30. The fourth-order valence-corrected chi connectivity index (χ4v) is 2.20. The van der Waals surface area contributed by atoms with Crippen LogP contribution in [0.2, 0.25) is 0 Å². The lowest BCUT2D eigenvalue weighted by molar-refractivity contribution is 0.302. The predicted molar refractivity (Wildman–Crippen MR) is 77.6 cm³/mol. The molecule has 1 heterocycles. The highest BCUT2D eigenvalue weighted by atomic mass is 16.5. The summed E-state index contributed by atoms with van der Waals surface area (Å²) < 4.78 is 5.87. The maximum Gasteiger partial charge on any atom is 0.120 e. The van der Waals surface area contributed by atoms with E-state index in [-0.39, 0.29) is 6.04 Å². The third kappa shape index (κ3) is 3.14. The molecule has 3 rings (SSSR count). The molecule has 0 amide bonds. The van der Waals surface area contributed by atoms with Crippen LogP contribution in [0.5, 0.6) is 5.75 Å². The molecule has 4 nitrogen and oxygen atoms in total. The maximum absolute atomic E-state index is 5.87. The van der Waals surface area contributed by atoms with Gasteiger partial charge in [0.25, 0.3) is 0 Å². The first-order chi connectivity index (χ1) is 9.86. The van der Waals surface area contributed by atoms with E-state index in [4.69, 9.17) is 4.74 Å². The third-order valence-corrected chi connectivity index (χ3v) is 3.31. The van der Waals surface area contributed by atoms with Gasteiger partial charge in [-0.05, 0) is 37.1 Å². The molecular formula is C16H19N3O. The van der Waals surface area contributed by atoms with Crippen LogP contribution in [0.1, 0.15) is 37.1 Å². The van der Waals surface area contributed by atoms with Crippen molar-refractivity contribution in [3.8, 4) is 5.75 Å². The Balaban J connectivity index is 1.86. The second kappa shape index (κ2) is 6.01. The Bertz CT molecular complexity index is 555. The largest absolute Gasteiger partial charge is 0.490 e. The maximum atomic E-state index is 5.87. The highest BCUT2D eigenvalue weighted by Gasteiger charge is 2.24. The molecule has 0 bridgehead atoms. The first-order valence-corrected chi connectivity index (χ1v) is 7.12. The minimum Gasteiger partial charge on any atom is -0.490 e. The second-order valence-electron chi connectivity index (χ2n) is 5.01. The number of aromatic nitrogens is 2. The number of nitrogens with one attached hydrogen (secondary N) is 1. The zero-order valence-electron chi connectivity index (χ0n) is 11.6. The molecule has 1 atom stereocenters. The van der Waals surface area contributed by atoms with Gasteiger partial charge in [-0.1, -0.05) is 19.1 Å². The van der Waals surface area contributed by atoms with Gasteiger partial charge in [0.1, 0.15) is 5.75 Å². The topological polar surface area (TPSA) is 47.0 Å². The summed E-state index contributed by atoms with van der Waals surface area (Å²) >= 11 is 0. The van der Waals surface area contributed by atoms with Gasteiger partial charge in [-0.2, -0.15) is 0 Å². The van der Waals surface area contributed by atoms with Crippen molar-refractivity contribution in [2.24, 2.45) is 0 Å². The van der Waals surface area contributed by atoms with E-state index in [2.05, 4.69) is 34.3 Å². The Labute approximate surface area is 119 Å². The summed E-state index contributed by atoms with van der Waals surface area (Å²) in [4.78, 5) is 8.57. The Morgan fingerprint density at radius 1 is 1.35 bits per heavy atom. The molecule has 0 aliphatic heterocycles. The number of hydrogen-bond donors (Lipinski definition) is 1. The van der Waals surface area contributed by atoms with Crippen LogP contribution in [0, 0.1) is 0 Å². The van der Waals surface area contributed by atoms with Crippen molar-refractivity contribution in [2.45, 2.75) is 31.9 Å². The quantitative estimate of drug-likeness (QED) is 0.876. The molecule has 1 aromatic carbocycles. The summed E-state index contributed by atoms with van der Waals surface area (Å²) in [5, 5.41) is 3.45. The standard InChI is InChI=1S/C16H19N3O/c1-2-18-16(15-11-17-8-9-19-15)12-4-3-5-14(10-12)20-13-6-7-13/h3-5,8-11,13,16,18H,2,6-7H2,1H3. The lowest BCUT2D eigenvalue weighted by Crippen LogP contribution is -2.23. The van der Waals surface area contributed by atoms with Gasteiger partial charge in [-0.15, -0.1) is 0 Å². The number of hydrogen-bond acceptors (Lipinski definition) is 4. The third-order valence-electron chi connectivity index (χ3n) is 3.31. The van der Waals surface area contributed by atoms with Crippen LogP contribution in [-0.2, 0) is 0 Å². The van der Waals surface area contributed by atoms with Crippen molar-refractivity contribution in [3.05, 3.63) is 54.1 Å². The van der Waals surface area contributed by atoms with E-state index in [0.717, 1.165) is 23.6 Å². The highest BCUT2D eigenvalue weighted by molar-refractivity contribution is 5.34. The fourth-order valence-electron chi connectivity index (χ4n) is 2.20. The van der Waals surface area contributed by atoms with E-state index < -0.39 is 0 Å². The number of benzene rings is 1. The normalized spacial score (nSPS) is 15.8. The molecule has 1 aliphatic rings. The summed E-state index contributed by atoms with van der Waals surface area (Å²) in [6.45, 7) is 2.96. The molecule has 1 aliphatic carbocycles. The van der Waals surface area contributed by atoms with E-state index in [0.29, 0.717) is 6.10 Å². The van der Waals surface area contributed by atoms with Gasteiger partial charge >= 0.3 is 0 Å². The van der Waals surface area contributed by atoms with Crippen molar-refractivity contribution < 1.29 is 4.74 Å². The van der Waals surface area contributed by atoms with Gasteiger partial charge in [-0.25, -0.2) is 0 Å². The first-order valence-electron chi connectivity index (χ1n) is 7.12. The van der Waals surface area contributed by atoms with Crippen LogP contribution in [0.25, 0.3) is 0 Å². The van der Waals surface area contributed by atoms with Crippen LogP contribution < -0.4 is 10.1 Å². The van der Waals surface area contributed by atoms with Crippen molar-refractivity contribution in [3.63, 3.8) is 0 Å². The Morgan fingerprint density at radius 2 is 2.25 bits per heavy atom. The molecule has 104 valence electrons. The Morgan fingerprint density at radius 3 is 2.95 bits per heavy atom. The minimum atomic E-state index is 0.0523. The molecule has 0 saturated heterocycles. The average molecular weight is 269 g/mol. The number of rotatable bonds is 6. The van der Waals surface area contributed by atoms with Crippen molar-refractivity contribution in [1.82, 2.24) is 15.3 Å². The van der Waals surface area contributed by atoms with Gasteiger partial charge < -0.3 is 10.1 Å². The minimum absolute atomic E-state index is 0.0523. The summed E-state index contributed by atoms with van der Waals surface area (Å²) in [5.74, 6) is 0.941. The zero-order valence-corrected chi connectivity index (χ0v) is 11.6. The first kappa shape index (κ1) is 13.1. The second-order valence-corrected chi connectivity index (χ2v) is 5.01. The van der Waals surface area contributed by atoms with Crippen LogP contribution in [0.3, 0.4) is 0 Å². The van der Waals surface area contributed by atoms with Crippen LogP contribution in [-0.4, -0.2) is 22.6 Å². The molecule has 2 aromatic rings. The summed E-state index contributed by atoms with van der Waals surface area (Å²) in [7, 11) is 0. The highest BCUT2D eigenvalue weighted by Crippen LogP contribution is 2.29. The number of nitrogens with zero attached hydrogens (tertiary/aromatic N) is 2. The van der Waals surface area contributed by atoms with Gasteiger partial charge in [0.05, 0.1) is 24.0 Å². The molecule has 1 fully saturated rings. The fraction of sp³-hybridized carbons (Fsp3) is 0.375. The monoisotopic (exact) mass is 269 g/mol. The van der Waals surface area contributed by atoms with Gasteiger partial charge in [0.2, 0.25) is 0 Å². The lowest BCUT2D eigenvalue weighted by Gasteiger charge is -2.18. The summed E-state index contributed by atoms with van der Waals surface area (Å²) in [5.41, 5.74) is 2.09. The molecule has 0 spiro atoms. The average Bonchev–Trinajstić information content (AvgIpc) is 3.30. The summed E-state index contributed by atoms with van der Waals surface area (Å²) in [6.07, 6.45) is 7.99. The molecule has 1 unspecified atom stereocenters. The number of ether oxygens (including phenoxy) is 1. The van der Waals surface area contributed by atoms with E-state index in [1.54, 1.807) is 12.4 Å². The molecule has 1 saturated carbocycles. The van der Waals surface area contributed by atoms with Gasteiger partial charge in [0.15, 0.2) is 0 Å². The van der Waals surface area contributed by atoms with Gasteiger partial charge in [-0.3, -0.25) is 9.97 Å². The zero-order chi connectivity index (χ0) is 13.8. The van der Waals surface area contributed by atoms with Gasteiger partial charge in [0, 0.05) is 12.4 Å². The Hall–Kier alpha value is -1.94. The van der Waals surface area contributed by atoms with Crippen molar-refractivity contribution >= 4 is 0 Å². The Kier molecular flexibility index (Phi) is 3.92. The van der Waals surface area contributed by atoms with Crippen LogP contribution in [0.15, 0.2) is 42.9 Å². The molecule has 1 N–H and O–H groups in total. The van der Waals surface area contributed by atoms with Crippen LogP contribution >= 0.6 is 0 Å². The van der Waals surface area contributed by atoms with E-state index >= 15 is 0 Å². The molecule has 20 heavy (non-hydrogen) atoms. The van der Waals surface area contributed by atoms with Crippen LogP contribution in [0.4, 0.5) is 0 Å². The molecule has 1 aromatic heterocycles. The van der Waals surface area contributed by atoms with Crippen molar-refractivity contribution in [1.29, 1.82) is 0 Å². The lowest BCUT2D eigenvalue weighted by atomic mass is 10.0. The molecular weight excluding hydrogens is 250 g/mol. The van der Waals surface area contributed by atoms with E-state index in [1.165, 1.54) is 12.8 Å². The molecule has 0 radical (unpaired) electrons. The SMILES string of the molecule is CCNC(c1cccc(OC2CC2)c1)c1cnccn1.